The van der Waals surface area contributed by atoms with Crippen LogP contribution < -0.4 is 0 Å². The van der Waals surface area contributed by atoms with E-state index < -0.39 is 62.6 Å². The predicted molar refractivity (Wildman–Crippen MR) is 214 cm³/mol. The van der Waals surface area contributed by atoms with Gasteiger partial charge >= 0.3 is 120 Å². The van der Waals surface area contributed by atoms with Crippen molar-refractivity contribution in [3.63, 3.8) is 0 Å². The van der Waals surface area contributed by atoms with Gasteiger partial charge in [-0.1, -0.05) is 56.3 Å². The third-order valence-corrected chi connectivity index (χ3v) is 12.8. The first-order valence-corrected chi connectivity index (χ1v) is 28.1. The van der Waals surface area contributed by atoms with E-state index in [1.165, 1.54) is 18.2 Å². The molecule has 3 aromatic rings. The quantitative estimate of drug-likeness (QED) is 0.0456. The molecule has 10 nitrogen and oxygen atoms in total. The Bertz CT molecular complexity index is 1730. The number of carbonyl (C=O) groups is 1. The molecule has 1 aliphatic heterocycles. The standard InChI is InChI=1S/C10H5F6IO4.C10H13IO3S.C10H14O3S.I2/c11-8(12,13)7(18)19-17(6-4-2-1-3-5-6)10(20-21-10)9(14,15)16;1-8(7-14-15(2,12)13)9-3-5-10(11)6-4-9;1-9(8-13-14(2,11)12)10-6-4-3-5-7-10;1-2/h1-5H;3-6,8H,7H2,1-2H3;3-7,9H,8H2,1-2H3;/t;8-;9-;/m.00./s1. The molecule has 0 radical (unpaired) electrons. The van der Waals surface area contributed by atoms with E-state index in [9.17, 15) is 48.0 Å². The molecule has 0 aromatic heterocycles. The van der Waals surface area contributed by atoms with Crippen molar-refractivity contribution in [1.82, 2.24) is 0 Å². The van der Waals surface area contributed by atoms with Crippen molar-refractivity contribution in [2.75, 3.05) is 25.7 Å². The first-order chi connectivity index (χ1) is 23.9. The number of alkyl halides is 7. The topological polar surface area (TPSA) is 138 Å². The van der Waals surface area contributed by atoms with Crippen LogP contribution in [-0.4, -0.2) is 64.7 Å². The van der Waals surface area contributed by atoms with E-state index in [-0.39, 0.29) is 28.6 Å². The molecule has 1 heterocycles. The Morgan fingerprint density at radius 2 is 1.12 bits per heavy atom. The van der Waals surface area contributed by atoms with Crippen LogP contribution in [0.25, 0.3) is 0 Å². The minimum atomic E-state index is -5.41. The molecule has 4 rings (SSSR count). The Balaban J connectivity index is 0.000000391. The molecule has 0 saturated carbocycles. The molecule has 1 fully saturated rings. The zero-order valence-corrected chi connectivity index (χ0v) is 37.6. The van der Waals surface area contributed by atoms with Gasteiger partial charge in [0.2, 0.25) is 0 Å². The summed E-state index contributed by atoms with van der Waals surface area (Å²) < 4.78 is 130. The average Bonchev–Trinajstić information content (AvgIpc) is 3.89. The van der Waals surface area contributed by atoms with Gasteiger partial charge in [0.05, 0.1) is 25.7 Å². The number of halogens is 10. The van der Waals surface area contributed by atoms with Crippen LogP contribution in [0.5, 0.6) is 0 Å². The third-order valence-electron chi connectivity index (χ3n) is 5.98. The van der Waals surface area contributed by atoms with Gasteiger partial charge in [0, 0.05) is 52.6 Å². The van der Waals surface area contributed by atoms with Gasteiger partial charge in [0.25, 0.3) is 20.2 Å². The van der Waals surface area contributed by atoms with Crippen molar-refractivity contribution in [1.29, 1.82) is 0 Å². The summed E-state index contributed by atoms with van der Waals surface area (Å²) >= 11 is 2.14. The maximum absolute atomic E-state index is 12.9. The molecular weight excluding hydrogens is 1210 g/mol. The second-order valence-corrected chi connectivity index (χ2v) is 19.4. The van der Waals surface area contributed by atoms with Crippen molar-refractivity contribution in [3.8, 4) is 0 Å². The molecule has 0 amide bonds. The summed E-state index contributed by atoms with van der Waals surface area (Å²) in [5, 5.41) is 0. The van der Waals surface area contributed by atoms with E-state index in [0.717, 1.165) is 39.3 Å². The van der Waals surface area contributed by atoms with Crippen LogP contribution in [0.15, 0.2) is 84.9 Å². The Kier molecular flexibility index (Phi) is 21.1. The first kappa shape index (κ1) is 49.4. The predicted octanol–water partition coefficient (Wildman–Crippen LogP) is 9.47. The molecule has 0 aliphatic carbocycles. The first-order valence-electron chi connectivity index (χ1n) is 14.1. The van der Waals surface area contributed by atoms with Gasteiger partial charge in [-0.25, -0.2) is 0 Å². The van der Waals surface area contributed by atoms with Gasteiger partial charge in [-0.2, -0.15) is 16.8 Å². The van der Waals surface area contributed by atoms with Gasteiger partial charge in [0.15, 0.2) is 0 Å². The van der Waals surface area contributed by atoms with Gasteiger partial charge in [-0.15, -0.1) is 0 Å². The fourth-order valence-electron chi connectivity index (χ4n) is 3.38. The van der Waals surface area contributed by atoms with Crippen LogP contribution in [0.4, 0.5) is 26.3 Å². The summed E-state index contributed by atoms with van der Waals surface area (Å²) in [5.74, 6) is -2.54. The van der Waals surface area contributed by atoms with Crippen molar-refractivity contribution in [2.45, 2.75) is 41.8 Å². The van der Waals surface area contributed by atoms with E-state index in [1.54, 1.807) is 0 Å². The summed E-state index contributed by atoms with van der Waals surface area (Å²) in [4.78, 5) is 18.6. The Hall–Kier alpha value is -0.630. The van der Waals surface area contributed by atoms with E-state index >= 15 is 0 Å². The van der Waals surface area contributed by atoms with E-state index in [1.807, 2.05) is 68.4 Å². The van der Waals surface area contributed by atoms with Crippen LogP contribution in [0, 0.1) is 7.14 Å². The average molecular weight is 1240 g/mol. The minimum absolute atomic E-state index is 0.0803. The third kappa shape index (κ3) is 18.3. The van der Waals surface area contributed by atoms with Crippen LogP contribution >= 0.6 is 80.1 Å². The molecule has 1 saturated heterocycles. The summed E-state index contributed by atoms with van der Waals surface area (Å²) in [6.45, 7) is 4.26. The fraction of sp³-hybridized carbons (Fsp3) is 0.367. The Labute approximate surface area is 342 Å². The second-order valence-electron chi connectivity index (χ2n) is 10.3. The number of benzene rings is 3. The second kappa shape index (κ2) is 22.2. The van der Waals surface area contributed by atoms with Crippen LogP contribution in [0.3, 0.4) is 0 Å². The van der Waals surface area contributed by atoms with Crippen molar-refractivity contribution >= 4 is 106 Å². The zero-order valence-electron chi connectivity index (χ0n) is 27.3. The van der Waals surface area contributed by atoms with Crippen LogP contribution in [0.2, 0.25) is 0 Å². The molecule has 294 valence electrons. The van der Waals surface area contributed by atoms with Crippen LogP contribution in [-0.2, 0) is 46.2 Å². The van der Waals surface area contributed by atoms with E-state index in [2.05, 4.69) is 72.7 Å². The van der Waals surface area contributed by atoms with Gasteiger partial charge in [-0.05, 0) is 45.9 Å². The zero-order chi connectivity index (χ0) is 40.0. The van der Waals surface area contributed by atoms with E-state index in [0.29, 0.717) is 0 Å². The van der Waals surface area contributed by atoms with Crippen molar-refractivity contribution in [3.05, 3.63) is 103 Å². The summed E-state index contributed by atoms with van der Waals surface area (Å²) in [7, 11) is -6.66. The van der Waals surface area contributed by atoms with Crippen molar-refractivity contribution in [2.24, 2.45) is 0 Å². The molecule has 0 N–H and O–H groups in total. The fourth-order valence-corrected chi connectivity index (χ4v) is 8.70. The molecule has 0 spiro atoms. The number of hydrogen-bond donors (Lipinski definition) is 0. The molecular formula is C30H32F6I4O10S2. The van der Waals surface area contributed by atoms with Gasteiger partial charge in [0.1, 0.15) is 0 Å². The Morgan fingerprint density at radius 3 is 1.46 bits per heavy atom. The molecule has 52 heavy (non-hydrogen) atoms. The molecule has 1 aliphatic rings. The number of carbonyl (C=O) groups excluding carboxylic acids is 1. The summed E-state index contributed by atoms with van der Waals surface area (Å²) in [6, 6.07) is 23.9. The molecule has 2 atom stereocenters. The van der Waals surface area contributed by atoms with Crippen molar-refractivity contribution < 1.29 is 69.2 Å². The molecule has 0 bridgehead atoms. The molecule has 3 aromatic carbocycles. The Morgan fingerprint density at radius 1 is 0.731 bits per heavy atom. The number of rotatable bonds is 11. The van der Waals surface area contributed by atoms with E-state index in [4.69, 9.17) is 8.37 Å². The SMILES string of the molecule is C[C@@H](COS(C)(=O)=O)c1ccc(I)cc1.C[C@@H](COS(C)(=O)=O)c1ccccc1.II.O=C(OI(c1ccccc1)C1(C(F)(F)F)OO1)C(F)(F)F. The normalized spacial score (nSPS) is 15.1. The van der Waals surface area contributed by atoms with Gasteiger partial charge in [-0.3, -0.25) is 8.37 Å². The maximum atomic E-state index is 12.9. The van der Waals surface area contributed by atoms with Crippen LogP contribution in [0.1, 0.15) is 36.8 Å². The molecule has 22 heteroatoms. The monoisotopic (exact) mass is 1240 g/mol. The van der Waals surface area contributed by atoms with Gasteiger partial charge < -0.3 is 0 Å². The molecule has 0 unspecified atom stereocenters. The number of hydrogen-bond acceptors (Lipinski definition) is 10. The summed E-state index contributed by atoms with van der Waals surface area (Å²) in [5.41, 5.74) is 2.16. The summed E-state index contributed by atoms with van der Waals surface area (Å²) in [6.07, 6.45) is -8.41.